The van der Waals surface area contributed by atoms with Gasteiger partial charge in [-0.1, -0.05) is 35.9 Å². The molecule has 2 amide bonds. The first kappa shape index (κ1) is 22.8. The third kappa shape index (κ3) is 5.83. The molecule has 0 saturated carbocycles. The first-order valence-electron chi connectivity index (χ1n) is 10.1. The van der Waals surface area contributed by atoms with Gasteiger partial charge >= 0.3 is 5.97 Å². The summed E-state index contributed by atoms with van der Waals surface area (Å²) in [6.07, 6.45) is 0. The third-order valence-corrected chi connectivity index (χ3v) is 5.57. The minimum atomic E-state index is -0.535. The lowest BCUT2D eigenvalue weighted by Crippen LogP contribution is -2.51. The molecule has 0 spiro atoms. The van der Waals surface area contributed by atoms with Gasteiger partial charge in [0.25, 0.3) is 5.91 Å². The van der Waals surface area contributed by atoms with Crippen LogP contribution >= 0.6 is 11.6 Å². The molecule has 2 aromatic rings. The van der Waals surface area contributed by atoms with E-state index >= 15 is 0 Å². The molecule has 3 rings (SSSR count). The standard InChI is InChI=1S/C23H26ClN3O4/c1-16(28)25-15-17-3-5-19(6-4-17)22(29)27-13-11-26(12-14-27)21(23(30)31-2)18-7-9-20(24)10-8-18/h3-10,21H,11-15H2,1-2H3,(H,25,28). The van der Waals surface area contributed by atoms with Crippen molar-refractivity contribution in [2.45, 2.75) is 19.5 Å². The van der Waals surface area contributed by atoms with Crippen LogP contribution in [0.25, 0.3) is 0 Å². The Hall–Kier alpha value is -2.90. The van der Waals surface area contributed by atoms with Crippen molar-refractivity contribution in [3.05, 3.63) is 70.2 Å². The normalized spacial score (nSPS) is 15.3. The maximum absolute atomic E-state index is 12.9. The van der Waals surface area contributed by atoms with E-state index in [9.17, 15) is 14.4 Å². The van der Waals surface area contributed by atoms with Crippen molar-refractivity contribution in [3.8, 4) is 0 Å². The summed E-state index contributed by atoms with van der Waals surface area (Å²) in [5.74, 6) is -0.481. The lowest BCUT2D eigenvalue weighted by atomic mass is 10.0. The van der Waals surface area contributed by atoms with Gasteiger partial charge in [0.2, 0.25) is 5.91 Å². The number of nitrogens with one attached hydrogen (secondary N) is 1. The Morgan fingerprint density at radius 3 is 2.16 bits per heavy atom. The Kier molecular flexibility index (Phi) is 7.65. The van der Waals surface area contributed by atoms with Gasteiger partial charge in [-0.05, 0) is 35.4 Å². The van der Waals surface area contributed by atoms with Gasteiger partial charge in [0, 0.05) is 50.2 Å². The van der Waals surface area contributed by atoms with E-state index in [2.05, 4.69) is 5.32 Å². The zero-order valence-electron chi connectivity index (χ0n) is 17.6. The first-order valence-corrected chi connectivity index (χ1v) is 10.5. The topological polar surface area (TPSA) is 79.0 Å². The van der Waals surface area contributed by atoms with E-state index in [1.807, 2.05) is 29.2 Å². The SMILES string of the molecule is COC(=O)C(c1ccc(Cl)cc1)N1CCN(C(=O)c2ccc(CNC(C)=O)cc2)CC1. The number of methoxy groups -OCH3 is 1. The maximum Gasteiger partial charge on any atom is 0.327 e. The molecule has 1 aliphatic heterocycles. The van der Waals surface area contributed by atoms with E-state index in [0.29, 0.717) is 43.3 Å². The number of nitrogens with zero attached hydrogens (tertiary/aromatic N) is 2. The maximum atomic E-state index is 12.9. The number of amides is 2. The average molecular weight is 444 g/mol. The molecule has 1 unspecified atom stereocenters. The van der Waals surface area contributed by atoms with E-state index in [-0.39, 0.29) is 17.8 Å². The van der Waals surface area contributed by atoms with Gasteiger partial charge in [0.1, 0.15) is 6.04 Å². The van der Waals surface area contributed by atoms with Gasteiger partial charge in [-0.3, -0.25) is 14.5 Å². The Labute approximate surface area is 186 Å². The van der Waals surface area contributed by atoms with Crippen LogP contribution in [0.2, 0.25) is 5.02 Å². The van der Waals surface area contributed by atoms with Gasteiger partial charge in [0.05, 0.1) is 7.11 Å². The number of hydrogen-bond acceptors (Lipinski definition) is 5. The second-order valence-corrected chi connectivity index (χ2v) is 7.85. The van der Waals surface area contributed by atoms with Crippen LogP contribution < -0.4 is 5.32 Å². The van der Waals surface area contributed by atoms with Crippen LogP contribution in [0.3, 0.4) is 0 Å². The Balaban J connectivity index is 1.63. The van der Waals surface area contributed by atoms with Gasteiger partial charge in [-0.25, -0.2) is 4.79 Å². The van der Waals surface area contributed by atoms with E-state index < -0.39 is 6.04 Å². The monoisotopic (exact) mass is 443 g/mol. The van der Waals surface area contributed by atoms with Gasteiger partial charge in [-0.2, -0.15) is 0 Å². The quantitative estimate of drug-likeness (QED) is 0.694. The summed E-state index contributed by atoms with van der Waals surface area (Å²) in [6, 6.07) is 13.8. The van der Waals surface area contributed by atoms with Gasteiger partial charge in [-0.15, -0.1) is 0 Å². The number of benzene rings is 2. The Morgan fingerprint density at radius 1 is 1.00 bits per heavy atom. The van der Waals surface area contributed by atoms with Gasteiger partial charge in [0.15, 0.2) is 0 Å². The van der Waals surface area contributed by atoms with Crippen LogP contribution in [-0.2, 0) is 20.9 Å². The van der Waals surface area contributed by atoms with Crippen molar-refractivity contribution in [1.29, 1.82) is 0 Å². The van der Waals surface area contributed by atoms with E-state index in [1.54, 1.807) is 29.2 Å². The second-order valence-electron chi connectivity index (χ2n) is 7.41. The Bertz CT molecular complexity index is 923. The van der Waals surface area contributed by atoms with Crippen LogP contribution in [0.1, 0.15) is 34.5 Å². The van der Waals surface area contributed by atoms with Crippen molar-refractivity contribution in [2.75, 3.05) is 33.3 Å². The zero-order valence-corrected chi connectivity index (χ0v) is 18.4. The molecule has 1 heterocycles. The van der Waals surface area contributed by atoms with Crippen LogP contribution in [0.4, 0.5) is 0 Å². The van der Waals surface area contributed by atoms with E-state index in [4.69, 9.17) is 16.3 Å². The number of hydrogen-bond donors (Lipinski definition) is 1. The van der Waals surface area contributed by atoms with Crippen molar-refractivity contribution in [2.24, 2.45) is 0 Å². The molecule has 0 radical (unpaired) electrons. The zero-order chi connectivity index (χ0) is 22.4. The summed E-state index contributed by atoms with van der Waals surface area (Å²) in [5, 5.41) is 3.34. The molecular weight excluding hydrogens is 418 g/mol. The summed E-state index contributed by atoms with van der Waals surface area (Å²) in [5.41, 5.74) is 2.34. The number of halogens is 1. The van der Waals surface area contributed by atoms with Crippen molar-refractivity contribution < 1.29 is 19.1 Å². The molecule has 0 aromatic heterocycles. The summed E-state index contributed by atoms with van der Waals surface area (Å²) >= 11 is 5.98. The minimum absolute atomic E-state index is 0.0492. The predicted octanol–water partition coefficient (Wildman–Crippen LogP) is 2.65. The summed E-state index contributed by atoms with van der Waals surface area (Å²) in [7, 11) is 1.38. The van der Waals surface area contributed by atoms with E-state index in [0.717, 1.165) is 11.1 Å². The second kappa shape index (κ2) is 10.4. The molecule has 1 N–H and O–H groups in total. The molecular formula is C23H26ClN3O4. The molecule has 1 fully saturated rings. The van der Waals surface area contributed by atoms with Crippen molar-refractivity contribution >= 4 is 29.4 Å². The molecule has 1 saturated heterocycles. The highest BCUT2D eigenvalue weighted by molar-refractivity contribution is 6.30. The number of carbonyl (C=O) groups excluding carboxylic acids is 3. The fourth-order valence-electron chi connectivity index (χ4n) is 3.61. The van der Waals surface area contributed by atoms with E-state index in [1.165, 1.54) is 14.0 Å². The number of carbonyl (C=O) groups is 3. The predicted molar refractivity (Wildman–Crippen MR) is 118 cm³/mol. The molecule has 31 heavy (non-hydrogen) atoms. The van der Waals surface area contributed by atoms with Crippen molar-refractivity contribution in [1.82, 2.24) is 15.1 Å². The van der Waals surface area contributed by atoms with Gasteiger partial charge < -0.3 is 15.0 Å². The Morgan fingerprint density at radius 2 is 1.61 bits per heavy atom. The first-order chi connectivity index (χ1) is 14.9. The molecule has 8 heteroatoms. The third-order valence-electron chi connectivity index (χ3n) is 5.32. The summed E-state index contributed by atoms with van der Waals surface area (Å²) < 4.78 is 5.02. The number of esters is 1. The minimum Gasteiger partial charge on any atom is -0.468 e. The largest absolute Gasteiger partial charge is 0.468 e. The highest BCUT2D eigenvalue weighted by Gasteiger charge is 2.32. The molecule has 1 atom stereocenters. The summed E-state index contributed by atoms with van der Waals surface area (Å²) in [4.78, 5) is 40.2. The molecule has 7 nitrogen and oxygen atoms in total. The van der Waals surface area contributed by atoms with Crippen LogP contribution in [0, 0.1) is 0 Å². The number of ether oxygens (including phenoxy) is 1. The molecule has 1 aliphatic rings. The fourth-order valence-corrected chi connectivity index (χ4v) is 3.74. The smallest absolute Gasteiger partial charge is 0.327 e. The molecule has 0 bridgehead atoms. The van der Waals surface area contributed by atoms with Crippen LogP contribution in [-0.4, -0.2) is 60.9 Å². The highest BCUT2D eigenvalue weighted by Crippen LogP contribution is 2.25. The molecule has 0 aliphatic carbocycles. The average Bonchev–Trinajstić information content (AvgIpc) is 2.79. The lowest BCUT2D eigenvalue weighted by Gasteiger charge is -2.38. The summed E-state index contributed by atoms with van der Waals surface area (Å²) in [6.45, 7) is 4.02. The van der Waals surface area contributed by atoms with Crippen LogP contribution in [0.15, 0.2) is 48.5 Å². The fraction of sp³-hybridized carbons (Fsp3) is 0.348. The molecule has 164 valence electrons. The lowest BCUT2D eigenvalue weighted by molar-refractivity contribution is -0.148. The highest BCUT2D eigenvalue weighted by atomic mass is 35.5. The number of piperazine rings is 1. The van der Waals surface area contributed by atoms with Crippen molar-refractivity contribution in [3.63, 3.8) is 0 Å². The molecule has 2 aromatic carbocycles. The number of rotatable bonds is 6. The van der Waals surface area contributed by atoms with Crippen LogP contribution in [0.5, 0.6) is 0 Å².